The number of hydrogen-bond donors (Lipinski definition) is 3. The van der Waals surface area contributed by atoms with Crippen molar-refractivity contribution in [2.45, 2.75) is 264 Å². The third-order valence-corrected chi connectivity index (χ3v) is 13.5. The Kier molecular flexibility index (Phi) is 45.5. The average molecular weight is 1050 g/mol. The summed E-state index contributed by atoms with van der Waals surface area (Å²) in [5, 5.41) is 10.4. The van der Waals surface area contributed by atoms with Crippen LogP contribution in [0.15, 0.2) is 0 Å². The predicted molar refractivity (Wildman–Crippen MR) is 271 cm³/mol. The summed E-state index contributed by atoms with van der Waals surface area (Å²) in [6.45, 7) is 4.55. The highest BCUT2D eigenvalue weighted by molar-refractivity contribution is 7.47. The van der Waals surface area contributed by atoms with Crippen molar-refractivity contribution < 1.29 is 80.2 Å². The second kappa shape index (κ2) is 46.8. The van der Waals surface area contributed by atoms with Crippen LogP contribution in [-0.2, 0) is 65.4 Å². The molecule has 0 rings (SSSR count). The minimum absolute atomic E-state index is 0.0985. The van der Waals surface area contributed by atoms with Gasteiger partial charge in [0.25, 0.3) is 0 Å². The lowest BCUT2D eigenvalue weighted by Gasteiger charge is -2.21. The van der Waals surface area contributed by atoms with Gasteiger partial charge >= 0.3 is 39.5 Å². The highest BCUT2D eigenvalue weighted by Crippen LogP contribution is 2.45. The van der Waals surface area contributed by atoms with E-state index in [2.05, 4.69) is 20.8 Å². The molecule has 0 bridgehead atoms. The van der Waals surface area contributed by atoms with Crippen LogP contribution >= 0.6 is 15.6 Å². The van der Waals surface area contributed by atoms with E-state index >= 15 is 0 Å². The number of aliphatic hydroxyl groups excluding tert-OH is 1. The molecule has 0 radical (unpaired) electrons. The standard InChI is InChI=1S/C51H98O17P2/c1-5-9-13-17-19-21-22-23-25-26-29-32-36-49(54)62-42-47(68-51(56)38-34-30-27-24-20-18-14-10-6-2)44-66-70(59,60)64-40-45(52)39-63-69(57,58)65-43-46(41-61-48(53)35-31-16-12-8-4)67-50(55)37-33-28-15-11-7-3/h45-47,52H,5-44H2,1-4H3,(H,57,58)(H,59,60)/t45-,46-,47-/m1/s1. The van der Waals surface area contributed by atoms with Crippen LogP contribution in [0.25, 0.3) is 0 Å². The molecule has 0 spiro atoms. The molecule has 5 atom stereocenters. The van der Waals surface area contributed by atoms with Gasteiger partial charge in [-0.25, -0.2) is 9.13 Å². The van der Waals surface area contributed by atoms with Crippen LogP contribution in [0.5, 0.6) is 0 Å². The Labute approximate surface area is 422 Å². The number of phosphoric ester groups is 2. The minimum atomic E-state index is -4.92. The summed E-state index contributed by atoms with van der Waals surface area (Å²) in [6.07, 6.45) is 27.5. The Hall–Kier alpha value is -1.94. The molecule has 0 fully saturated rings. The van der Waals surface area contributed by atoms with Crippen molar-refractivity contribution in [2.24, 2.45) is 0 Å². The zero-order valence-electron chi connectivity index (χ0n) is 44.0. The number of esters is 4. The largest absolute Gasteiger partial charge is 0.472 e. The number of hydrogen-bond acceptors (Lipinski definition) is 15. The summed E-state index contributed by atoms with van der Waals surface area (Å²) in [5.74, 6) is -2.18. The van der Waals surface area contributed by atoms with Crippen LogP contribution < -0.4 is 0 Å². The van der Waals surface area contributed by atoms with E-state index in [9.17, 15) is 43.2 Å². The maximum absolute atomic E-state index is 12.8. The molecule has 0 aliphatic rings. The van der Waals surface area contributed by atoms with E-state index < -0.39 is 97.5 Å². The first-order valence-electron chi connectivity index (χ1n) is 27.3. The molecule has 414 valence electrons. The Bertz CT molecular complexity index is 1390. The molecule has 19 heteroatoms. The monoisotopic (exact) mass is 1040 g/mol. The van der Waals surface area contributed by atoms with Gasteiger partial charge in [0.2, 0.25) is 0 Å². The zero-order chi connectivity index (χ0) is 52.0. The molecule has 0 aromatic carbocycles. The molecule has 2 unspecified atom stereocenters. The van der Waals surface area contributed by atoms with Crippen molar-refractivity contribution in [3.05, 3.63) is 0 Å². The topological polar surface area (TPSA) is 237 Å². The lowest BCUT2D eigenvalue weighted by Crippen LogP contribution is -2.30. The third kappa shape index (κ3) is 45.9. The van der Waals surface area contributed by atoms with Gasteiger partial charge in [-0.15, -0.1) is 0 Å². The van der Waals surface area contributed by atoms with Gasteiger partial charge in [0, 0.05) is 25.7 Å². The lowest BCUT2D eigenvalue weighted by molar-refractivity contribution is -0.161. The second-order valence-electron chi connectivity index (χ2n) is 18.6. The molecule has 0 aromatic heterocycles. The predicted octanol–water partition coefficient (Wildman–Crippen LogP) is 12.9. The van der Waals surface area contributed by atoms with Gasteiger partial charge < -0.3 is 33.8 Å². The van der Waals surface area contributed by atoms with Crippen molar-refractivity contribution in [3.8, 4) is 0 Å². The maximum Gasteiger partial charge on any atom is 0.472 e. The van der Waals surface area contributed by atoms with E-state index in [1.807, 2.05) is 6.92 Å². The fraction of sp³-hybridized carbons (Fsp3) is 0.922. The molecule has 0 amide bonds. The highest BCUT2D eigenvalue weighted by Gasteiger charge is 2.30. The van der Waals surface area contributed by atoms with E-state index in [0.717, 1.165) is 89.9 Å². The van der Waals surface area contributed by atoms with E-state index in [1.165, 1.54) is 77.0 Å². The first kappa shape index (κ1) is 68.1. The van der Waals surface area contributed by atoms with Gasteiger partial charge in [-0.05, 0) is 25.7 Å². The van der Waals surface area contributed by atoms with Crippen molar-refractivity contribution in [2.75, 3.05) is 39.6 Å². The van der Waals surface area contributed by atoms with Crippen molar-refractivity contribution in [1.82, 2.24) is 0 Å². The van der Waals surface area contributed by atoms with Crippen LogP contribution in [0.2, 0.25) is 0 Å². The summed E-state index contributed by atoms with van der Waals surface area (Å²) in [5.41, 5.74) is 0. The molecule has 70 heavy (non-hydrogen) atoms. The third-order valence-electron chi connectivity index (χ3n) is 11.6. The summed E-state index contributed by atoms with van der Waals surface area (Å²) in [6, 6.07) is 0. The molecular weight excluding hydrogens is 946 g/mol. The molecular formula is C51H98O17P2. The first-order chi connectivity index (χ1) is 33.7. The molecule has 0 aromatic rings. The number of unbranched alkanes of at least 4 members (excludes halogenated alkanes) is 26. The number of carbonyl (C=O) groups excluding carboxylic acids is 4. The van der Waals surface area contributed by atoms with E-state index in [1.54, 1.807) is 0 Å². The van der Waals surface area contributed by atoms with Gasteiger partial charge in [0.05, 0.1) is 26.4 Å². The molecule has 0 aliphatic heterocycles. The quantitative estimate of drug-likeness (QED) is 0.0222. The van der Waals surface area contributed by atoms with Crippen LogP contribution in [-0.4, -0.2) is 96.7 Å². The Morgan fingerprint density at radius 3 is 0.857 bits per heavy atom. The molecule has 3 N–H and O–H groups in total. The average Bonchev–Trinajstić information content (AvgIpc) is 3.33. The smallest absolute Gasteiger partial charge is 0.462 e. The number of ether oxygens (including phenoxy) is 4. The van der Waals surface area contributed by atoms with Crippen LogP contribution in [0.3, 0.4) is 0 Å². The SMILES string of the molecule is CCCCCCCCCCCCCCC(=O)OC[C@H](COP(=O)(O)OC[C@H](O)COP(=O)(O)OC[C@@H](COC(=O)CCCCCC)OC(=O)CCCCCCC)OC(=O)CCCCCCCCCCC. The summed E-state index contributed by atoms with van der Waals surface area (Å²) in [4.78, 5) is 70.9. The van der Waals surface area contributed by atoms with Crippen molar-refractivity contribution >= 4 is 39.5 Å². The van der Waals surface area contributed by atoms with Crippen molar-refractivity contribution in [1.29, 1.82) is 0 Å². The lowest BCUT2D eigenvalue weighted by atomic mass is 10.0. The zero-order valence-corrected chi connectivity index (χ0v) is 45.8. The first-order valence-corrected chi connectivity index (χ1v) is 30.3. The van der Waals surface area contributed by atoms with E-state index in [0.29, 0.717) is 25.7 Å². The minimum Gasteiger partial charge on any atom is -0.462 e. The molecule has 0 aliphatic carbocycles. The summed E-state index contributed by atoms with van der Waals surface area (Å²) >= 11 is 0. The Morgan fingerprint density at radius 2 is 0.571 bits per heavy atom. The summed E-state index contributed by atoms with van der Waals surface area (Å²) in [7, 11) is -9.83. The van der Waals surface area contributed by atoms with Gasteiger partial charge in [0.1, 0.15) is 19.3 Å². The highest BCUT2D eigenvalue weighted by atomic mass is 31.2. The van der Waals surface area contributed by atoms with Gasteiger partial charge in [-0.1, -0.05) is 195 Å². The fourth-order valence-electron chi connectivity index (χ4n) is 7.34. The second-order valence-corrected chi connectivity index (χ2v) is 21.5. The van der Waals surface area contributed by atoms with Crippen LogP contribution in [0.4, 0.5) is 0 Å². The van der Waals surface area contributed by atoms with Gasteiger partial charge in [-0.3, -0.25) is 37.3 Å². The Morgan fingerprint density at radius 1 is 0.343 bits per heavy atom. The number of carbonyl (C=O) groups is 4. The van der Waals surface area contributed by atoms with Gasteiger partial charge in [0.15, 0.2) is 12.2 Å². The fourth-order valence-corrected chi connectivity index (χ4v) is 8.91. The normalized spacial score (nSPS) is 14.6. The van der Waals surface area contributed by atoms with Crippen LogP contribution in [0, 0.1) is 0 Å². The molecule has 0 saturated heterocycles. The van der Waals surface area contributed by atoms with Crippen molar-refractivity contribution in [3.63, 3.8) is 0 Å². The number of rotatable bonds is 52. The summed E-state index contributed by atoms with van der Waals surface area (Å²) < 4.78 is 66.9. The number of phosphoric acid groups is 2. The maximum atomic E-state index is 12.8. The number of aliphatic hydroxyl groups is 1. The van der Waals surface area contributed by atoms with E-state index in [4.69, 9.17) is 37.0 Å². The molecule has 17 nitrogen and oxygen atoms in total. The van der Waals surface area contributed by atoms with Gasteiger partial charge in [-0.2, -0.15) is 0 Å². The molecule has 0 heterocycles. The Balaban J connectivity index is 5.11. The van der Waals surface area contributed by atoms with E-state index in [-0.39, 0.29) is 25.7 Å². The molecule has 0 saturated carbocycles. The van der Waals surface area contributed by atoms with Crippen LogP contribution in [0.1, 0.15) is 246 Å².